The second-order valence-electron chi connectivity index (χ2n) is 8.11. The van der Waals surface area contributed by atoms with Gasteiger partial charge in [0.2, 0.25) is 15.9 Å². The number of carbonyl (C=O) groups is 1. The number of rotatable bonds is 12. The zero-order valence-electron chi connectivity index (χ0n) is 20.9. The number of methoxy groups -OCH3 is 2. The molecule has 2 N–H and O–H groups in total. The van der Waals surface area contributed by atoms with Gasteiger partial charge in [-0.3, -0.25) is 4.79 Å². The Morgan fingerprint density at radius 2 is 1.58 bits per heavy atom. The molecule has 0 heterocycles. The third-order valence-electron chi connectivity index (χ3n) is 5.61. The van der Waals surface area contributed by atoms with E-state index < -0.39 is 28.0 Å². The third kappa shape index (κ3) is 6.99. The Kier molecular flexibility index (Phi) is 9.32. The van der Waals surface area contributed by atoms with Crippen molar-refractivity contribution in [2.75, 3.05) is 20.8 Å². The van der Waals surface area contributed by atoms with E-state index in [-0.39, 0.29) is 11.3 Å². The zero-order valence-corrected chi connectivity index (χ0v) is 21.7. The smallest absolute Gasteiger partial charge is 0.241 e. The van der Waals surface area contributed by atoms with Crippen LogP contribution < -0.4 is 24.2 Å². The molecule has 2 atom stereocenters. The van der Waals surface area contributed by atoms with Crippen LogP contribution in [-0.4, -0.2) is 41.2 Å². The molecule has 9 heteroatoms. The largest absolute Gasteiger partial charge is 0.494 e. The van der Waals surface area contributed by atoms with E-state index in [0.29, 0.717) is 23.9 Å². The predicted octanol–water partition coefficient (Wildman–Crippen LogP) is 3.87. The van der Waals surface area contributed by atoms with Crippen molar-refractivity contribution >= 4 is 15.9 Å². The van der Waals surface area contributed by atoms with Crippen molar-refractivity contribution < 1.29 is 27.4 Å². The number of benzene rings is 3. The second-order valence-corrected chi connectivity index (χ2v) is 9.83. The van der Waals surface area contributed by atoms with Crippen LogP contribution in [0.25, 0.3) is 0 Å². The standard InChI is InChI=1S/C27H32N2O6S/c1-5-35-22-12-14-23(15-13-22)36(31,32)29-24(17-20-9-7-6-8-10-20)27(30)28-19(2)21-11-16-25(33-3)26(18-21)34-4/h6-16,18-19,24,29H,5,17H2,1-4H3,(H,28,30). The molecule has 0 fully saturated rings. The van der Waals surface area contributed by atoms with E-state index in [2.05, 4.69) is 10.0 Å². The molecule has 0 aliphatic carbocycles. The molecule has 36 heavy (non-hydrogen) atoms. The fourth-order valence-electron chi connectivity index (χ4n) is 3.69. The van der Waals surface area contributed by atoms with Gasteiger partial charge in [0, 0.05) is 0 Å². The first-order chi connectivity index (χ1) is 17.3. The van der Waals surface area contributed by atoms with Crippen molar-refractivity contribution in [3.63, 3.8) is 0 Å². The molecule has 3 aromatic carbocycles. The first-order valence-corrected chi connectivity index (χ1v) is 13.1. The van der Waals surface area contributed by atoms with Crippen LogP contribution in [0.15, 0.2) is 77.7 Å². The van der Waals surface area contributed by atoms with E-state index in [4.69, 9.17) is 14.2 Å². The lowest BCUT2D eigenvalue weighted by Crippen LogP contribution is -2.48. The molecule has 192 valence electrons. The van der Waals surface area contributed by atoms with Crippen molar-refractivity contribution in [2.45, 2.75) is 37.2 Å². The molecule has 2 unspecified atom stereocenters. The van der Waals surface area contributed by atoms with E-state index in [9.17, 15) is 13.2 Å². The van der Waals surface area contributed by atoms with E-state index >= 15 is 0 Å². The number of ether oxygens (including phenoxy) is 3. The quantitative estimate of drug-likeness (QED) is 0.382. The summed E-state index contributed by atoms with van der Waals surface area (Å²) in [6, 6.07) is 19.2. The Bertz CT molecular complexity index is 1250. The summed E-state index contributed by atoms with van der Waals surface area (Å²) in [5, 5.41) is 2.92. The number of sulfonamides is 1. The minimum atomic E-state index is -3.98. The Morgan fingerprint density at radius 3 is 2.19 bits per heavy atom. The highest BCUT2D eigenvalue weighted by atomic mass is 32.2. The Labute approximate surface area is 212 Å². The van der Waals surface area contributed by atoms with Gasteiger partial charge in [0.05, 0.1) is 31.8 Å². The van der Waals surface area contributed by atoms with E-state index in [1.807, 2.05) is 50.2 Å². The second kappa shape index (κ2) is 12.4. The van der Waals surface area contributed by atoms with E-state index in [0.717, 1.165) is 11.1 Å². The lowest BCUT2D eigenvalue weighted by molar-refractivity contribution is -0.123. The van der Waals surface area contributed by atoms with Gasteiger partial charge in [0.15, 0.2) is 11.5 Å². The predicted molar refractivity (Wildman–Crippen MR) is 138 cm³/mol. The van der Waals surface area contributed by atoms with Gasteiger partial charge < -0.3 is 19.5 Å². The summed E-state index contributed by atoms with van der Waals surface area (Å²) in [5.74, 6) is 1.23. The van der Waals surface area contributed by atoms with E-state index in [1.54, 1.807) is 31.4 Å². The SMILES string of the molecule is CCOc1ccc(S(=O)(=O)NC(Cc2ccccc2)C(=O)NC(C)c2ccc(OC)c(OC)c2)cc1. The fraction of sp³-hybridized carbons (Fsp3) is 0.296. The van der Waals surface area contributed by atoms with Crippen LogP contribution in [0.5, 0.6) is 17.2 Å². The average molecular weight is 513 g/mol. The van der Waals surface area contributed by atoms with Crippen LogP contribution in [0.2, 0.25) is 0 Å². The molecule has 1 amide bonds. The summed E-state index contributed by atoms with van der Waals surface area (Å²) >= 11 is 0. The lowest BCUT2D eigenvalue weighted by atomic mass is 10.0. The van der Waals surface area contributed by atoms with Gasteiger partial charge >= 0.3 is 0 Å². The summed E-state index contributed by atoms with van der Waals surface area (Å²) in [4.78, 5) is 13.4. The van der Waals surface area contributed by atoms with Crippen LogP contribution in [0.1, 0.15) is 31.0 Å². The number of carbonyl (C=O) groups excluding carboxylic acids is 1. The minimum absolute atomic E-state index is 0.0461. The Hall–Kier alpha value is -3.56. The molecule has 0 aliphatic rings. The van der Waals surface area contributed by atoms with Gasteiger partial charge in [-0.15, -0.1) is 0 Å². The number of hydrogen-bond donors (Lipinski definition) is 2. The van der Waals surface area contributed by atoms with Gasteiger partial charge in [-0.25, -0.2) is 8.42 Å². The lowest BCUT2D eigenvalue weighted by Gasteiger charge is -2.22. The molecule has 0 aromatic heterocycles. The number of hydrogen-bond acceptors (Lipinski definition) is 6. The summed E-state index contributed by atoms with van der Waals surface area (Å²) in [5.41, 5.74) is 1.61. The van der Waals surface area contributed by atoms with Gasteiger partial charge in [0.25, 0.3) is 0 Å². The van der Waals surface area contributed by atoms with Crippen LogP contribution >= 0.6 is 0 Å². The normalized spacial score (nSPS) is 12.9. The van der Waals surface area contributed by atoms with Gasteiger partial charge in [0.1, 0.15) is 11.8 Å². The molecule has 8 nitrogen and oxygen atoms in total. The summed E-state index contributed by atoms with van der Waals surface area (Å²) in [7, 11) is -0.892. The maximum absolute atomic E-state index is 13.3. The Morgan fingerprint density at radius 1 is 0.917 bits per heavy atom. The molecule has 3 aromatic rings. The van der Waals surface area contributed by atoms with Crippen LogP contribution in [-0.2, 0) is 21.2 Å². The topological polar surface area (TPSA) is 103 Å². The maximum Gasteiger partial charge on any atom is 0.241 e. The maximum atomic E-state index is 13.3. The average Bonchev–Trinajstić information content (AvgIpc) is 2.88. The molecular formula is C27H32N2O6S. The molecule has 0 bridgehead atoms. The van der Waals surface area contributed by atoms with Crippen molar-refractivity contribution in [1.29, 1.82) is 0 Å². The third-order valence-corrected chi connectivity index (χ3v) is 7.10. The van der Waals surface area contributed by atoms with Crippen LogP contribution in [0.3, 0.4) is 0 Å². The Balaban J connectivity index is 1.82. The first kappa shape index (κ1) is 27.0. The van der Waals surface area contributed by atoms with Crippen molar-refractivity contribution in [1.82, 2.24) is 10.0 Å². The highest BCUT2D eigenvalue weighted by Crippen LogP contribution is 2.30. The molecule has 0 saturated heterocycles. The summed E-state index contributed by atoms with van der Waals surface area (Å²) in [6.45, 7) is 4.14. The van der Waals surface area contributed by atoms with Gasteiger partial charge in [-0.2, -0.15) is 4.72 Å². The van der Waals surface area contributed by atoms with Crippen LogP contribution in [0.4, 0.5) is 0 Å². The molecule has 0 saturated carbocycles. The molecule has 3 rings (SSSR count). The van der Waals surface area contributed by atoms with E-state index in [1.165, 1.54) is 19.2 Å². The number of nitrogens with one attached hydrogen (secondary N) is 2. The van der Waals surface area contributed by atoms with Crippen molar-refractivity contribution in [2.24, 2.45) is 0 Å². The molecule has 0 radical (unpaired) electrons. The minimum Gasteiger partial charge on any atom is -0.494 e. The van der Waals surface area contributed by atoms with Gasteiger partial charge in [-0.05, 0) is 67.8 Å². The zero-order chi connectivity index (χ0) is 26.1. The number of amides is 1. The molecule has 0 spiro atoms. The highest BCUT2D eigenvalue weighted by Gasteiger charge is 2.27. The highest BCUT2D eigenvalue weighted by molar-refractivity contribution is 7.89. The molecular weight excluding hydrogens is 480 g/mol. The molecule has 0 aliphatic heterocycles. The first-order valence-electron chi connectivity index (χ1n) is 11.6. The summed E-state index contributed by atoms with van der Waals surface area (Å²) < 4.78 is 44.9. The van der Waals surface area contributed by atoms with Crippen LogP contribution in [0, 0.1) is 0 Å². The monoisotopic (exact) mass is 512 g/mol. The summed E-state index contributed by atoms with van der Waals surface area (Å²) in [6.07, 6.45) is 0.182. The van der Waals surface area contributed by atoms with Gasteiger partial charge in [-0.1, -0.05) is 36.4 Å². The fourth-order valence-corrected chi connectivity index (χ4v) is 4.89. The van der Waals surface area contributed by atoms with Crippen molar-refractivity contribution in [3.05, 3.63) is 83.9 Å². The van der Waals surface area contributed by atoms with Crippen molar-refractivity contribution in [3.8, 4) is 17.2 Å².